The maximum absolute atomic E-state index is 8.39. The first-order valence-electron chi connectivity index (χ1n) is 2.86. The standard InChI is InChI=1S/C7H8N2O2/c1-10-5-7(11-2)6(3-8)4-9/h5H2,1-2H3. The molecule has 0 rings (SSSR count). The van der Waals surface area contributed by atoms with Gasteiger partial charge in [-0.2, -0.15) is 10.5 Å². The lowest BCUT2D eigenvalue weighted by Crippen LogP contribution is -1.99. The molecular formula is C7H8N2O2. The average Bonchev–Trinajstić information content (AvgIpc) is 2.05. The van der Waals surface area contributed by atoms with Crippen LogP contribution in [0.3, 0.4) is 0 Å². The monoisotopic (exact) mass is 152 g/mol. The fourth-order valence-corrected chi connectivity index (χ4v) is 0.514. The third-order valence-corrected chi connectivity index (χ3v) is 1.02. The molecule has 0 aromatic heterocycles. The molecule has 58 valence electrons. The van der Waals surface area contributed by atoms with E-state index in [-0.39, 0.29) is 17.9 Å². The summed E-state index contributed by atoms with van der Waals surface area (Å²) in [5, 5.41) is 16.8. The summed E-state index contributed by atoms with van der Waals surface area (Å²) in [4.78, 5) is 0. The highest BCUT2D eigenvalue weighted by molar-refractivity contribution is 5.38. The van der Waals surface area contributed by atoms with E-state index in [0.29, 0.717) is 0 Å². The van der Waals surface area contributed by atoms with Crippen molar-refractivity contribution in [2.24, 2.45) is 0 Å². The Morgan fingerprint density at radius 1 is 1.27 bits per heavy atom. The first kappa shape index (κ1) is 9.48. The molecule has 0 aromatic rings. The van der Waals surface area contributed by atoms with Gasteiger partial charge in [-0.05, 0) is 0 Å². The predicted octanol–water partition coefficient (Wildman–Crippen LogP) is 0.580. The molecular weight excluding hydrogens is 144 g/mol. The van der Waals surface area contributed by atoms with Gasteiger partial charge in [0.2, 0.25) is 0 Å². The molecule has 0 saturated heterocycles. The summed E-state index contributed by atoms with van der Waals surface area (Å²) < 4.78 is 9.44. The van der Waals surface area contributed by atoms with Crippen molar-refractivity contribution in [1.82, 2.24) is 0 Å². The van der Waals surface area contributed by atoms with E-state index in [1.807, 2.05) is 0 Å². The van der Waals surface area contributed by atoms with Gasteiger partial charge in [-0.3, -0.25) is 0 Å². The summed E-state index contributed by atoms with van der Waals surface area (Å²) in [6.45, 7) is 0.146. The molecule has 0 heterocycles. The van der Waals surface area contributed by atoms with Gasteiger partial charge in [0.05, 0.1) is 7.11 Å². The molecule has 4 nitrogen and oxygen atoms in total. The number of hydrogen-bond donors (Lipinski definition) is 0. The van der Waals surface area contributed by atoms with Crippen LogP contribution in [-0.2, 0) is 9.47 Å². The van der Waals surface area contributed by atoms with E-state index >= 15 is 0 Å². The number of ether oxygens (including phenoxy) is 2. The van der Waals surface area contributed by atoms with Gasteiger partial charge in [-0.25, -0.2) is 0 Å². The predicted molar refractivity (Wildman–Crippen MR) is 37.1 cm³/mol. The van der Waals surface area contributed by atoms with E-state index < -0.39 is 0 Å². The van der Waals surface area contributed by atoms with Gasteiger partial charge in [-0.15, -0.1) is 0 Å². The number of nitriles is 2. The number of hydrogen-bond acceptors (Lipinski definition) is 4. The Bertz CT molecular complexity index is 216. The Balaban J connectivity index is 4.55. The van der Waals surface area contributed by atoms with Crippen LogP contribution in [0.15, 0.2) is 11.3 Å². The van der Waals surface area contributed by atoms with Gasteiger partial charge in [0, 0.05) is 7.11 Å². The average molecular weight is 152 g/mol. The van der Waals surface area contributed by atoms with Crippen molar-refractivity contribution < 1.29 is 9.47 Å². The third-order valence-electron chi connectivity index (χ3n) is 1.02. The van der Waals surface area contributed by atoms with Gasteiger partial charge in [-0.1, -0.05) is 0 Å². The largest absolute Gasteiger partial charge is 0.496 e. The number of rotatable bonds is 3. The molecule has 0 radical (unpaired) electrons. The Kier molecular flexibility index (Phi) is 4.55. The van der Waals surface area contributed by atoms with Crippen LogP contribution < -0.4 is 0 Å². The zero-order valence-corrected chi connectivity index (χ0v) is 6.42. The molecule has 0 saturated carbocycles. The molecule has 4 heteroatoms. The minimum absolute atomic E-state index is 0.0469. The topological polar surface area (TPSA) is 66.0 Å². The maximum atomic E-state index is 8.39. The van der Waals surface area contributed by atoms with Crippen LogP contribution >= 0.6 is 0 Å². The van der Waals surface area contributed by atoms with Crippen molar-refractivity contribution in [3.05, 3.63) is 11.3 Å². The summed E-state index contributed by atoms with van der Waals surface area (Å²) in [6.07, 6.45) is 0. The lowest BCUT2D eigenvalue weighted by atomic mass is 10.3. The molecule has 0 bridgehead atoms. The smallest absolute Gasteiger partial charge is 0.169 e. The number of allylic oxidation sites excluding steroid dienone is 1. The Labute approximate surface area is 65.3 Å². The van der Waals surface area contributed by atoms with Crippen molar-refractivity contribution in [2.75, 3.05) is 20.8 Å². The zero-order chi connectivity index (χ0) is 8.69. The molecule has 0 amide bonds. The van der Waals surface area contributed by atoms with Crippen molar-refractivity contribution in [2.45, 2.75) is 0 Å². The number of nitrogens with zero attached hydrogens (tertiary/aromatic N) is 2. The minimum Gasteiger partial charge on any atom is -0.496 e. The highest BCUT2D eigenvalue weighted by Crippen LogP contribution is 2.03. The highest BCUT2D eigenvalue weighted by atomic mass is 16.5. The molecule has 0 aromatic carbocycles. The number of methoxy groups -OCH3 is 2. The second kappa shape index (κ2) is 5.28. The van der Waals surface area contributed by atoms with Crippen molar-refractivity contribution in [1.29, 1.82) is 10.5 Å². The summed E-state index contributed by atoms with van der Waals surface area (Å²) in [5.41, 5.74) is -0.0469. The van der Waals surface area contributed by atoms with Gasteiger partial charge < -0.3 is 9.47 Å². The fourth-order valence-electron chi connectivity index (χ4n) is 0.514. The molecule has 0 fully saturated rings. The lowest BCUT2D eigenvalue weighted by Gasteiger charge is -2.02. The fraction of sp³-hybridized carbons (Fsp3) is 0.429. The van der Waals surface area contributed by atoms with Crippen molar-refractivity contribution in [3.8, 4) is 12.1 Å². The molecule has 0 atom stereocenters. The first-order valence-corrected chi connectivity index (χ1v) is 2.86. The summed E-state index contributed by atoms with van der Waals surface area (Å²) in [6, 6.07) is 3.40. The Morgan fingerprint density at radius 2 is 1.82 bits per heavy atom. The van der Waals surface area contributed by atoms with Crippen LogP contribution in [-0.4, -0.2) is 20.8 Å². The molecule has 0 N–H and O–H groups in total. The molecule has 0 aliphatic carbocycles. The van der Waals surface area contributed by atoms with Gasteiger partial charge >= 0.3 is 0 Å². The van der Waals surface area contributed by atoms with Crippen LogP contribution in [0.2, 0.25) is 0 Å². The molecule has 0 aliphatic heterocycles. The molecule has 0 aliphatic rings. The second-order valence-electron chi connectivity index (χ2n) is 1.66. The van der Waals surface area contributed by atoms with Gasteiger partial charge in [0.25, 0.3) is 0 Å². The Morgan fingerprint density at radius 3 is 2.09 bits per heavy atom. The summed E-state index contributed by atoms with van der Waals surface area (Å²) >= 11 is 0. The van der Waals surface area contributed by atoms with Gasteiger partial charge in [0.15, 0.2) is 5.57 Å². The quantitative estimate of drug-likeness (QED) is 0.438. The van der Waals surface area contributed by atoms with Crippen LogP contribution in [0.25, 0.3) is 0 Å². The SMILES string of the molecule is COCC(OC)=C(C#N)C#N. The normalized spacial score (nSPS) is 7.64. The van der Waals surface area contributed by atoms with Crippen LogP contribution in [0.5, 0.6) is 0 Å². The van der Waals surface area contributed by atoms with E-state index in [0.717, 1.165) is 0 Å². The summed E-state index contributed by atoms with van der Waals surface area (Å²) in [5.74, 6) is 0.262. The zero-order valence-electron chi connectivity index (χ0n) is 6.42. The van der Waals surface area contributed by atoms with E-state index in [1.54, 1.807) is 12.1 Å². The molecule has 11 heavy (non-hydrogen) atoms. The first-order chi connectivity index (χ1) is 5.29. The lowest BCUT2D eigenvalue weighted by molar-refractivity contribution is 0.158. The van der Waals surface area contributed by atoms with Crippen molar-refractivity contribution >= 4 is 0 Å². The van der Waals surface area contributed by atoms with Crippen molar-refractivity contribution in [3.63, 3.8) is 0 Å². The summed E-state index contributed by atoms with van der Waals surface area (Å²) in [7, 11) is 2.86. The van der Waals surface area contributed by atoms with E-state index in [2.05, 4.69) is 0 Å². The molecule has 0 spiro atoms. The van der Waals surface area contributed by atoms with E-state index in [1.165, 1.54) is 14.2 Å². The van der Waals surface area contributed by atoms with Crippen LogP contribution in [0.4, 0.5) is 0 Å². The third kappa shape index (κ3) is 2.70. The van der Waals surface area contributed by atoms with Crippen LogP contribution in [0.1, 0.15) is 0 Å². The maximum Gasteiger partial charge on any atom is 0.169 e. The highest BCUT2D eigenvalue weighted by Gasteiger charge is 2.04. The second-order valence-corrected chi connectivity index (χ2v) is 1.66. The van der Waals surface area contributed by atoms with E-state index in [9.17, 15) is 0 Å². The van der Waals surface area contributed by atoms with E-state index in [4.69, 9.17) is 20.0 Å². The minimum atomic E-state index is -0.0469. The molecule has 0 unspecified atom stereocenters. The van der Waals surface area contributed by atoms with Crippen LogP contribution in [0, 0.1) is 22.7 Å². The van der Waals surface area contributed by atoms with Gasteiger partial charge in [0.1, 0.15) is 24.5 Å². The Hall–Kier alpha value is -1.52.